The largest absolute Gasteiger partial charge is 0.460 e. The summed E-state index contributed by atoms with van der Waals surface area (Å²) in [5.41, 5.74) is 6.02. The molecule has 1 aliphatic rings. The molecule has 4 N–H and O–H groups in total. The molecule has 8 heteroatoms. The molecule has 3 heterocycles. The van der Waals surface area contributed by atoms with E-state index < -0.39 is 23.7 Å². The average molecular weight is 360 g/mol. The molecule has 0 saturated heterocycles. The van der Waals surface area contributed by atoms with Gasteiger partial charge in [-0.05, 0) is 31.4 Å². The lowest BCUT2D eigenvalue weighted by Crippen LogP contribution is -2.37. The van der Waals surface area contributed by atoms with Crippen molar-refractivity contribution in [2.45, 2.75) is 39.8 Å². The number of aryl methyl sites for hydroxylation is 1. The fourth-order valence-electron chi connectivity index (χ4n) is 3.00. The van der Waals surface area contributed by atoms with Crippen LogP contribution in [-0.2, 0) is 11.3 Å². The number of anilines is 1. The van der Waals surface area contributed by atoms with Crippen molar-refractivity contribution in [3.05, 3.63) is 34.8 Å². The lowest BCUT2D eigenvalue weighted by atomic mass is 10.0. The number of nitrogens with two attached hydrogens (primary N) is 1. The van der Waals surface area contributed by atoms with Gasteiger partial charge in [0.05, 0.1) is 5.56 Å². The van der Waals surface area contributed by atoms with Crippen molar-refractivity contribution in [3.8, 4) is 11.5 Å². The van der Waals surface area contributed by atoms with Gasteiger partial charge in [0.2, 0.25) is 5.91 Å². The topological polar surface area (TPSA) is 110 Å². The molecule has 0 bridgehead atoms. The van der Waals surface area contributed by atoms with Crippen LogP contribution >= 0.6 is 0 Å². The third-order valence-electron chi connectivity index (χ3n) is 4.22. The molecule has 0 fully saturated rings. The molecule has 0 aliphatic carbocycles. The highest BCUT2D eigenvalue weighted by atomic mass is 19.1. The highest BCUT2D eigenvalue weighted by molar-refractivity contribution is 6.03. The molecule has 138 valence electrons. The second kappa shape index (κ2) is 6.78. The summed E-state index contributed by atoms with van der Waals surface area (Å²) in [6, 6.07) is 2.63. The fraction of sp³-hybridized carbons (Fsp3) is 0.389. The summed E-state index contributed by atoms with van der Waals surface area (Å²) in [5.74, 6) is -0.608. The van der Waals surface area contributed by atoms with Crippen LogP contribution in [0.1, 0.15) is 41.9 Å². The monoisotopic (exact) mass is 360 g/mol. The molecule has 0 saturated carbocycles. The quantitative estimate of drug-likeness (QED) is 0.732. The minimum Gasteiger partial charge on any atom is -0.460 e. The third kappa shape index (κ3) is 3.26. The first-order chi connectivity index (χ1) is 12.3. The number of nitrogens with one attached hydrogen (secondary N) is 2. The minimum absolute atomic E-state index is 0.0509. The summed E-state index contributed by atoms with van der Waals surface area (Å²) in [4.78, 5) is 28.1. The first-order valence-electron chi connectivity index (χ1n) is 8.41. The highest BCUT2D eigenvalue weighted by Crippen LogP contribution is 2.33. The second-order valence-corrected chi connectivity index (χ2v) is 6.80. The first-order valence-corrected chi connectivity index (χ1v) is 8.41. The van der Waals surface area contributed by atoms with Gasteiger partial charge in [-0.25, -0.2) is 9.37 Å². The second-order valence-electron chi connectivity index (χ2n) is 6.80. The maximum atomic E-state index is 14.9. The number of hydrogen-bond donors (Lipinski definition) is 3. The number of hydrogen-bond acceptors (Lipinski definition) is 5. The number of fused-ring (bicyclic) bond motifs is 1. The van der Waals surface area contributed by atoms with Gasteiger partial charge in [0, 0.05) is 12.1 Å². The van der Waals surface area contributed by atoms with Crippen LogP contribution in [0.15, 0.2) is 16.5 Å². The van der Waals surface area contributed by atoms with Gasteiger partial charge >= 0.3 is 0 Å². The van der Waals surface area contributed by atoms with E-state index in [1.807, 2.05) is 13.8 Å². The van der Waals surface area contributed by atoms with Crippen LogP contribution in [0.3, 0.4) is 0 Å². The van der Waals surface area contributed by atoms with Crippen molar-refractivity contribution < 1.29 is 18.4 Å². The normalized spacial score (nSPS) is 14.3. The molecular weight excluding hydrogens is 339 g/mol. The van der Waals surface area contributed by atoms with Crippen LogP contribution in [0.4, 0.5) is 10.2 Å². The number of carbonyl (C=O) groups excluding carboxylic acids is 2. The van der Waals surface area contributed by atoms with E-state index in [-0.39, 0.29) is 35.1 Å². The zero-order chi connectivity index (χ0) is 19.0. The Bertz CT molecular complexity index is 876. The minimum atomic E-state index is -0.772. The van der Waals surface area contributed by atoms with Crippen molar-refractivity contribution in [3.63, 3.8) is 0 Å². The van der Waals surface area contributed by atoms with E-state index in [1.54, 1.807) is 19.1 Å². The molecule has 2 aromatic rings. The summed E-state index contributed by atoms with van der Waals surface area (Å²) in [7, 11) is 0. The van der Waals surface area contributed by atoms with Gasteiger partial charge in [-0.15, -0.1) is 0 Å². The van der Waals surface area contributed by atoms with Crippen molar-refractivity contribution in [1.29, 1.82) is 0 Å². The van der Waals surface area contributed by atoms with Gasteiger partial charge in [0.15, 0.2) is 17.4 Å². The molecule has 26 heavy (non-hydrogen) atoms. The first kappa shape index (κ1) is 17.9. The molecule has 0 aromatic carbocycles. The van der Waals surface area contributed by atoms with E-state index in [1.165, 1.54) is 0 Å². The van der Waals surface area contributed by atoms with Crippen molar-refractivity contribution in [2.75, 3.05) is 5.32 Å². The van der Waals surface area contributed by atoms with Crippen molar-refractivity contribution >= 4 is 17.6 Å². The molecule has 1 aliphatic heterocycles. The summed E-state index contributed by atoms with van der Waals surface area (Å²) in [5, 5.41) is 5.40. The number of halogens is 1. The van der Waals surface area contributed by atoms with Crippen molar-refractivity contribution in [2.24, 2.45) is 11.7 Å². The van der Waals surface area contributed by atoms with E-state index in [4.69, 9.17) is 10.2 Å². The van der Waals surface area contributed by atoms with Crippen LogP contribution in [-0.4, -0.2) is 22.8 Å². The number of nitrogens with zero attached hydrogens (tertiary/aromatic N) is 1. The molecule has 0 radical (unpaired) electrons. The Morgan fingerprint density at radius 2 is 2.19 bits per heavy atom. The average Bonchev–Trinajstić information content (AvgIpc) is 3.15. The molecule has 1 atom stereocenters. The number of rotatable bonds is 6. The predicted octanol–water partition coefficient (Wildman–Crippen LogP) is 2.34. The Morgan fingerprint density at radius 1 is 1.46 bits per heavy atom. The molecular formula is C18H21FN4O3. The van der Waals surface area contributed by atoms with E-state index in [0.29, 0.717) is 17.9 Å². The van der Waals surface area contributed by atoms with Gasteiger partial charge in [-0.1, -0.05) is 13.8 Å². The van der Waals surface area contributed by atoms with Crippen LogP contribution in [0.25, 0.3) is 11.5 Å². The molecule has 0 unspecified atom stereocenters. The molecule has 7 nitrogen and oxygen atoms in total. The molecule has 2 amide bonds. The number of aromatic nitrogens is 1. The third-order valence-corrected chi connectivity index (χ3v) is 4.22. The SMILES string of the molecule is Cc1ccc(-c2nc(N[C@H](CC(C)C)C(N)=O)c(F)c3c2C(=O)NC3)o1. The van der Waals surface area contributed by atoms with Gasteiger partial charge in [0.25, 0.3) is 5.91 Å². The maximum Gasteiger partial charge on any atom is 0.254 e. The van der Waals surface area contributed by atoms with Gasteiger partial charge in [-0.3, -0.25) is 9.59 Å². The van der Waals surface area contributed by atoms with Gasteiger partial charge in [0.1, 0.15) is 17.5 Å². The zero-order valence-corrected chi connectivity index (χ0v) is 14.9. The summed E-state index contributed by atoms with van der Waals surface area (Å²) < 4.78 is 20.5. The van der Waals surface area contributed by atoms with Crippen LogP contribution in [0.5, 0.6) is 0 Å². The maximum absolute atomic E-state index is 14.9. The number of furan rings is 1. The van der Waals surface area contributed by atoms with Crippen LogP contribution < -0.4 is 16.4 Å². The van der Waals surface area contributed by atoms with Gasteiger partial charge < -0.3 is 20.8 Å². The highest BCUT2D eigenvalue weighted by Gasteiger charge is 2.32. The van der Waals surface area contributed by atoms with Crippen LogP contribution in [0, 0.1) is 18.7 Å². The Morgan fingerprint density at radius 3 is 2.77 bits per heavy atom. The van der Waals surface area contributed by atoms with E-state index in [0.717, 1.165) is 0 Å². The lowest BCUT2D eigenvalue weighted by Gasteiger charge is -2.19. The van der Waals surface area contributed by atoms with E-state index >= 15 is 0 Å². The number of primary amides is 1. The number of amides is 2. The van der Waals surface area contributed by atoms with E-state index in [9.17, 15) is 14.0 Å². The smallest absolute Gasteiger partial charge is 0.254 e. The molecule has 2 aromatic heterocycles. The van der Waals surface area contributed by atoms with Crippen molar-refractivity contribution in [1.82, 2.24) is 10.3 Å². The predicted molar refractivity (Wildman–Crippen MR) is 93.9 cm³/mol. The summed E-state index contributed by atoms with van der Waals surface area (Å²) in [6.45, 7) is 5.68. The Labute approximate surface area is 150 Å². The number of pyridine rings is 1. The van der Waals surface area contributed by atoms with E-state index in [2.05, 4.69) is 15.6 Å². The Balaban J connectivity index is 2.09. The standard InChI is InChI=1S/C18H21FN4O3/c1-8(2)6-11(16(20)24)22-17-14(19)10-7-21-18(25)13(10)15(23-17)12-5-4-9(3)26-12/h4-5,8,11H,6-7H2,1-3H3,(H2,20,24)(H,21,25)(H,22,23)/t11-/m1/s1. The fourth-order valence-corrected chi connectivity index (χ4v) is 3.00. The Hall–Kier alpha value is -2.90. The molecule has 0 spiro atoms. The summed E-state index contributed by atoms with van der Waals surface area (Å²) >= 11 is 0. The molecule has 3 rings (SSSR count). The summed E-state index contributed by atoms with van der Waals surface area (Å²) in [6.07, 6.45) is 0.430. The van der Waals surface area contributed by atoms with Gasteiger partial charge in [-0.2, -0.15) is 0 Å². The zero-order valence-electron chi connectivity index (χ0n) is 14.9. The number of carbonyl (C=O) groups is 2. The Kier molecular flexibility index (Phi) is 4.67. The lowest BCUT2D eigenvalue weighted by molar-refractivity contribution is -0.119. The van der Waals surface area contributed by atoms with Crippen LogP contribution in [0.2, 0.25) is 0 Å².